The molecule has 1 aromatic carbocycles. The van der Waals surface area contributed by atoms with Crippen LogP contribution in [-0.4, -0.2) is 20.6 Å². The van der Waals surface area contributed by atoms with Crippen molar-refractivity contribution in [2.75, 3.05) is 0 Å². The first-order chi connectivity index (χ1) is 14.8. The van der Waals surface area contributed by atoms with Gasteiger partial charge in [-0.25, -0.2) is 9.78 Å². The highest BCUT2D eigenvalue weighted by atomic mass is 32.1. The first-order valence-corrected chi connectivity index (χ1v) is 11.9. The van der Waals surface area contributed by atoms with Gasteiger partial charge in [0, 0.05) is 10.8 Å². The van der Waals surface area contributed by atoms with Gasteiger partial charge in [0.05, 0.1) is 5.39 Å². The Morgan fingerprint density at radius 1 is 1.29 bits per heavy atom. The monoisotopic (exact) mass is 438 g/mol. The molecule has 1 N–H and O–H groups in total. The maximum absolute atomic E-state index is 13.7. The number of aromatic nitrogens is 2. The molecule has 31 heavy (non-hydrogen) atoms. The van der Waals surface area contributed by atoms with Gasteiger partial charge in [0.2, 0.25) is 0 Å². The van der Waals surface area contributed by atoms with Crippen molar-refractivity contribution in [3.63, 3.8) is 0 Å². The molecule has 2 atom stereocenters. The van der Waals surface area contributed by atoms with E-state index in [0.29, 0.717) is 30.0 Å². The second-order valence-corrected chi connectivity index (χ2v) is 10.3. The van der Waals surface area contributed by atoms with Crippen molar-refractivity contribution < 1.29 is 9.90 Å². The van der Waals surface area contributed by atoms with Crippen molar-refractivity contribution in [3.05, 3.63) is 62.0 Å². The Balaban J connectivity index is 1.81. The molecule has 3 aromatic rings. The lowest BCUT2D eigenvalue weighted by Crippen LogP contribution is -2.34. The molecular weight excluding hydrogens is 408 g/mol. The molecule has 4 rings (SSSR count). The molecule has 164 valence electrons. The number of benzene rings is 1. The number of aryl methyl sites for hydroxylation is 3. The van der Waals surface area contributed by atoms with Crippen LogP contribution in [0.5, 0.6) is 0 Å². The van der Waals surface area contributed by atoms with Gasteiger partial charge >= 0.3 is 5.97 Å². The van der Waals surface area contributed by atoms with Crippen molar-refractivity contribution in [3.8, 4) is 0 Å². The Bertz CT molecular complexity index is 1170. The highest BCUT2D eigenvalue weighted by Gasteiger charge is 2.30. The van der Waals surface area contributed by atoms with Crippen LogP contribution in [0, 0.1) is 12.8 Å². The third-order valence-electron chi connectivity index (χ3n) is 6.33. The van der Waals surface area contributed by atoms with Gasteiger partial charge in [-0.2, -0.15) is 0 Å². The van der Waals surface area contributed by atoms with Gasteiger partial charge in [-0.05, 0) is 56.1 Å². The van der Waals surface area contributed by atoms with Crippen LogP contribution in [0.3, 0.4) is 0 Å². The Morgan fingerprint density at radius 2 is 2.00 bits per heavy atom. The summed E-state index contributed by atoms with van der Waals surface area (Å²) in [5.41, 5.74) is 3.16. The number of aliphatic carboxylic acids is 1. The first kappa shape index (κ1) is 21.8. The normalized spacial score (nSPS) is 17.1. The van der Waals surface area contributed by atoms with E-state index in [2.05, 4.69) is 6.92 Å². The molecule has 2 heterocycles. The van der Waals surface area contributed by atoms with Crippen LogP contribution in [0.2, 0.25) is 0 Å². The smallest absolute Gasteiger partial charge is 0.326 e. The van der Waals surface area contributed by atoms with Gasteiger partial charge in [0.25, 0.3) is 5.56 Å². The number of hydrogen-bond donors (Lipinski definition) is 1. The molecule has 0 spiro atoms. The number of nitrogens with zero attached hydrogens (tertiary/aromatic N) is 2. The van der Waals surface area contributed by atoms with Crippen molar-refractivity contribution in [1.29, 1.82) is 0 Å². The van der Waals surface area contributed by atoms with E-state index in [4.69, 9.17) is 4.98 Å². The van der Waals surface area contributed by atoms with Crippen LogP contribution in [0.25, 0.3) is 10.2 Å². The fraction of sp³-hybridized carbons (Fsp3) is 0.480. The number of hydrogen-bond acceptors (Lipinski definition) is 4. The second kappa shape index (κ2) is 8.58. The van der Waals surface area contributed by atoms with Crippen LogP contribution in [0.1, 0.15) is 73.0 Å². The summed E-state index contributed by atoms with van der Waals surface area (Å²) in [6.07, 6.45) is 3.85. The minimum absolute atomic E-state index is 0.0450. The molecule has 0 radical (unpaired) electrons. The van der Waals surface area contributed by atoms with Crippen LogP contribution < -0.4 is 5.56 Å². The summed E-state index contributed by atoms with van der Waals surface area (Å²) in [7, 11) is 0. The minimum atomic E-state index is -0.977. The van der Waals surface area contributed by atoms with Gasteiger partial charge in [-0.1, -0.05) is 50.6 Å². The van der Waals surface area contributed by atoms with E-state index >= 15 is 0 Å². The average Bonchev–Trinajstić information content (AvgIpc) is 3.08. The highest BCUT2D eigenvalue weighted by Crippen LogP contribution is 2.36. The van der Waals surface area contributed by atoms with Gasteiger partial charge in [-0.3, -0.25) is 9.36 Å². The summed E-state index contributed by atoms with van der Waals surface area (Å²) in [5.74, 6) is 0.153. The number of thiophene rings is 1. The van der Waals surface area contributed by atoms with Crippen LogP contribution in [0.4, 0.5) is 0 Å². The summed E-state index contributed by atoms with van der Waals surface area (Å²) in [4.78, 5) is 32.9. The molecular formula is C25H30N2O3S. The molecule has 0 amide bonds. The standard InChI is InChI=1S/C25H30N2O3S/c1-14(2)22-26-23-21(18-11-7-16(4)13-20(18)31-23)24(28)27(22)19(25(29)30)12-10-17-8-5-15(3)6-9-17/h5-6,8-9,14,16,19H,7,10-13H2,1-4H3,(H,29,30). The zero-order valence-corrected chi connectivity index (χ0v) is 19.5. The molecule has 2 aromatic heterocycles. The lowest BCUT2D eigenvalue weighted by atomic mass is 9.89. The van der Waals surface area contributed by atoms with Gasteiger partial charge in [-0.15, -0.1) is 11.3 Å². The van der Waals surface area contributed by atoms with Gasteiger partial charge in [0.15, 0.2) is 0 Å². The Morgan fingerprint density at radius 3 is 2.65 bits per heavy atom. The topological polar surface area (TPSA) is 72.2 Å². The minimum Gasteiger partial charge on any atom is -0.480 e. The Kier molecular flexibility index (Phi) is 6.02. The SMILES string of the molecule is Cc1ccc(CCC(C(=O)O)n2c(C(C)C)nc3sc4c(c3c2=O)CCC(C)C4)cc1. The van der Waals surface area contributed by atoms with E-state index < -0.39 is 12.0 Å². The summed E-state index contributed by atoms with van der Waals surface area (Å²) < 4.78 is 1.48. The number of fused-ring (bicyclic) bond motifs is 3. The maximum atomic E-state index is 13.7. The lowest BCUT2D eigenvalue weighted by Gasteiger charge is -2.22. The molecule has 0 saturated heterocycles. The summed E-state index contributed by atoms with van der Waals surface area (Å²) in [6, 6.07) is 7.18. The summed E-state index contributed by atoms with van der Waals surface area (Å²) in [6.45, 7) is 8.21. The Hall–Kier alpha value is -2.47. The van der Waals surface area contributed by atoms with E-state index in [0.717, 1.165) is 35.2 Å². The van der Waals surface area contributed by atoms with Crippen molar-refractivity contribution >= 4 is 27.5 Å². The van der Waals surface area contributed by atoms with Crippen molar-refractivity contribution in [1.82, 2.24) is 9.55 Å². The molecule has 1 aliphatic rings. The van der Waals surface area contributed by atoms with E-state index in [1.165, 1.54) is 15.0 Å². The largest absolute Gasteiger partial charge is 0.480 e. The number of carboxylic acid groups (broad SMARTS) is 1. The molecule has 6 heteroatoms. The summed E-state index contributed by atoms with van der Waals surface area (Å²) >= 11 is 1.62. The third kappa shape index (κ3) is 4.18. The molecule has 0 fully saturated rings. The number of rotatable bonds is 6. The quantitative estimate of drug-likeness (QED) is 0.569. The van der Waals surface area contributed by atoms with Crippen molar-refractivity contribution in [2.45, 2.75) is 71.8 Å². The van der Waals surface area contributed by atoms with Crippen LogP contribution >= 0.6 is 11.3 Å². The van der Waals surface area contributed by atoms with E-state index in [-0.39, 0.29) is 11.5 Å². The Labute approximate surface area is 186 Å². The van der Waals surface area contributed by atoms with E-state index in [1.807, 2.05) is 45.0 Å². The van der Waals surface area contributed by atoms with Crippen LogP contribution in [0.15, 0.2) is 29.1 Å². The fourth-order valence-corrected chi connectivity index (χ4v) is 5.93. The van der Waals surface area contributed by atoms with Crippen LogP contribution in [-0.2, 0) is 24.1 Å². The number of carboxylic acids is 1. The highest BCUT2D eigenvalue weighted by molar-refractivity contribution is 7.18. The molecule has 0 saturated carbocycles. The molecule has 1 aliphatic carbocycles. The summed E-state index contributed by atoms with van der Waals surface area (Å²) in [5, 5.41) is 10.7. The van der Waals surface area contributed by atoms with Gasteiger partial charge in [0.1, 0.15) is 16.7 Å². The fourth-order valence-electron chi connectivity index (χ4n) is 4.55. The zero-order valence-electron chi connectivity index (χ0n) is 18.6. The molecule has 0 bridgehead atoms. The average molecular weight is 439 g/mol. The third-order valence-corrected chi connectivity index (χ3v) is 7.48. The first-order valence-electron chi connectivity index (χ1n) is 11.1. The number of carbonyl (C=O) groups is 1. The van der Waals surface area contributed by atoms with E-state index in [9.17, 15) is 14.7 Å². The molecule has 5 nitrogen and oxygen atoms in total. The second-order valence-electron chi connectivity index (χ2n) is 9.21. The maximum Gasteiger partial charge on any atom is 0.326 e. The molecule has 0 aliphatic heterocycles. The van der Waals surface area contributed by atoms with E-state index in [1.54, 1.807) is 11.3 Å². The molecule has 2 unspecified atom stereocenters. The van der Waals surface area contributed by atoms with Crippen molar-refractivity contribution in [2.24, 2.45) is 5.92 Å². The predicted octanol–water partition coefficient (Wildman–Crippen LogP) is 5.27. The lowest BCUT2D eigenvalue weighted by molar-refractivity contribution is -0.141. The van der Waals surface area contributed by atoms with Gasteiger partial charge < -0.3 is 5.11 Å². The zero-order chi connectivity index (χ0) is 22.3. The predicted molar refractivity (Wildman–Crippen MR) is 125 cm³/mol.